The first-order chi connectivity index (χ1) is 10.6. The van der Waals surface area contributed by atoms with E-state index in [0.717, 1.165) is 36.9 Å². The van der Waals surface area contributed by atoms with Crippen molar-refractivity contribution in [3.63, 3.8) is 0 Å². The van der Waals surface area contributed by atoms with Gasteiger partial charge in [0.05, 0.1) is 10.7 Å². The van der Waals surface area contributed by atoms with E-state index in [1.807, 2.05) is 24.3 Å². The van der Waals surface area contributed by atoms with Gasteiger partial charge in [0.1, 0.15) is 18.8 Å². The third-order valence-electron chi connectivity index (χ3n) is 3.63. The van der Waals surface area contributed by atoms with E-state index < -0.39 is 5.97 Å². The molecule has 0 atom stereocenters. The molecule has 1 fully saturated rings. The second-order valence-electron chi connectivity index (χ2n) is 5.38. The van der Waals surface area contributed by atoms with Gasteiger partial charge in [-0.15, -0.1) is 0 Å². The lowest BCUT2D eigenvalue weighted by molar-refractivity contribution is -0.146. The highest BCUT2D eigenvalue weighted by atomic mass is 35.5. The lowest BCUT2D eigenvalue weighted by atomic mass is 10.2. The Balaban J connectivity index is 1.70. The maximum Gasteiger partial charge on any atom is 0.313 e. The van der Waals surface area contributed by atoms with Crippen LogP contribution in [0.3, 0.4) is 0 Å². The standard InChI is InChI=1S/C16H21ClN2O3/c1-13(20)12-16(21)22-11-10-18-6-8-19(9-7-18)15-5-3-2-4-14(15)17/h2-5H,6-12H2,1H3. The van der Waals surface area contributed by atoms with Crippen LogP contribution in [0.1, 0.15) is 13.3 Å². The third kappa shape index (κ3) is 5.00. The van der Waals surface area contributed by atoms with E-state index in [-0.39, 0.29) is 12.2 Å². The van der Waals surface area contributed by atoms with Gasteiger partial charge >= 0.3 is 5.97 Å². The predicted octanol–water partition coefficient (Wildman–Crippen LogP) is 1.98. The summed E-state index contributed by atoms with van der Waals surface area (Å²) in [5.41, 5.74) is 1.07. The molecule has 0 radical (unpaired) electrons. The van der Waals surface area contributed by atoms with Crippen molar-refractivity contribution in [1.82, 2.24) is 4.90 Å². The number of benzene rings is 1. The summed E-state index contributed by atoms with van der Waals surface area (Å²) in [4.78, 5) is 26.6. The van der Waals surface area contributed by atoms with Crippen LogP contribution in [0.25, 0.3) is 0 Å². The largest absolute Gasteiger partial charge is 0.464 e. The number of hydrogen-bond acceptors (Lipinski definition) is 5. The fourth-order valence-electron chi connectivity index (χ4n) is 2.46. The highest BCUT2D eigenvalue weighted by Crippen LogP contribution is 2.25. The van der Waals surface area contributed by atoms with E-state index in [2.05, 4.69) is 9.80 Å². The Labute approximate surface area is 135 Å². The van der Waals surface area contributed by atoms with Gasteiger partial charge in [0.15, 0.2) is 0 Å². The molecule has 0 saturated carbocycles. The molecule has 120 valence electrons. The van der Waals surface area contributed by atoms with Crippen molar-refractivity contribution < 1.29 is 14.3 Å². The molecule has 22 heavy (non-hydrogen) atoms. The first-order valence-corrected chi connectivity index (χ1v) is 7.81. The molecule has 1 aliphatic heterocycles. The normalized spacial score (nSPS) is 15.6. The molecule has 2 rings (SSSR count). The van der Waals surface area contributed by atoms with Crippen LogP contribution in [0.4, 0.5) is 5.69 Å². The molecule has 1 aliphatic rings. The molecule has 5 nitrogen and oxygen atoms in total. The number of rotatable bonds is 6. The average molecular weight is 325 g/mol. The number of carbonyl (C=O) groups excluding carboxylic acids is 2. The number of carbonyl (C=O) groups is 2. The number of anilines is 1. The Morgan fingerprint density at radius 1 is 1.18 bits per heavy atom. The van der Waals surface area contributed by atoms with E-state index >= 15 is 0 Å². The minimum Gasteiger partial charge on any atom is -0.464 e. The zero-order valence-electron chi connectivity index (χ0n) is 12.8. The minimum absolute atomic E-state index is 0.139. The molecule has 0 aromatic heterocycles. The van der Waals surface area contributed by atoms with Crippen LogP contribution in [-0.2, 0) is 14.3 Å². The van der Waals surface area contributed by atoms with Crippen molar-refractivity contribution in [2.75, 3.05) is 44.2 Å². The average Bonchev–Trinajstić information content (AvgIpc) is 2.48. The van der Waals surface area contributed by atoms with Crippen molar-refractivity contribution in [2.24, 2.45) is 0 Å². The molecule has 1 saturated heterocycles. The summed E-state index contributed by atoms with van der Waals surface area (Å²) in [5, 5.41) is 0.772. The van der Waals surface area contributed by atoms with Crippen molar-refractivity contribution >= 4 is 29.0 Å². The summed E-state index contributed by atoms with van der Waals surface area (Å²) >= 11 is 6.21. The van der Waals surface area contributed by atoms with Gasteiger partial charge in [-0.25, -0.2) is 0 Å². The number of nitrogens with zero attached hydrogens (tertiary/aromatic N) is 2. The summed E-state index contributed by atoms with van der Waals surface area (Å²) in [6.45, 7) is 5.99. The maximum absolute atomic E-state index is 11.3. The third-order valence-corrected chi connectivity index (χ3v) is 3.95. The first kappa shape index (κ1) is 16.8. The Bertz CT molecular complexity index is 528. The van der Waals surface area contributed by atoms with E-state index in [9.17, 15) is 9.59 Å². The fraction of sp³-hybridized carbons (Fsp3) is 0.500. The van der Waals surface area contributed by atoms with Crippen LogP contribution in [0.15, 0.2) is 24.3 Å². The van der Waals surface area contributed by atoms with E-state index in [4.69, 9.17) is 16.3 Å². The minimum atomic E-state index is -0.442. The summed E-state index contributed by atoms with van der Waals surface area (Å²) in [5.74, 6) is -0.611. The number of piperazine rings is 1. The number of halogens is 1. The van der Waals surface area contributed by atoms with E-state index in [0.29, 0.717) is 13.2 Å². The molecule has 1 aromatic rings. The van der Waals surface area contributed by atoms with Crippen LogP contribution in [-0.4, -0.2) is 56.0 Å². The number of Topliss-reactive ketones (excluding diaryl/α,β-unsaturated/α-hetero) is 1. The summed E-state index contributed by atoms with van der Waals surface area (Å²) < 4.78 is 5.05. The van der Waals surface area contributed by atoms with Gasteiger partial charge in [0.2, 0.25) is 0 Å². The van der Waals surface area contributed by atoms with Crippen LogP contribution in [0.5, 0.6) is 0 Å². The molecule has 0 unspecified atom stereocenters. The summed E-state index contributed by atoms with van der Waals surface area (Å²) in [6, 6.07) is 7.85. The molecule has 6 heteroatoms. The number of ether oxygens (including phenoxy) is 1. The van der Waals surface area contributed by atoms with E-state index in [1.165, 1.54) is 6.92 Å². The number of para-hydroxylation sites is 1. The zero-order chi connectivity index (χ0) is 15.9. The topological polar surface area (TPSA) is 49.9 Å². The Kier molecular flexibility index (Phi) is 6.21. The smallest absolute Gasteiger partial charge is 0.313 e. The molecule has 0 bridgehead atoms. The fourth-order valence-corrected chi connectivity index (χ4v) is 2.72. The number of ketones is 1. The van der Waals surface area contributed by atoms with Crippen molar-refractivity contribution in [3.8, 4) is 0 Å². The zero-order valence-corrected chi connectivity index (χ0v) is 13.5. The van der Waals surface area contributed by atoms with Gasteiger partial charge in [-0.1, -0.05) is 23.7 Å². The lowest BCUT2D eigenvalue weighted by Gasteiger charge is -2.36. The number of esters is 1. The highest BCUT2D eigenvalue weighted by molar-refractivity contribution is 6.33. The van der Waals surface area contributed by atoms with Gasteiger partial charge in [0.25, 0.3) is 0 Å². The summed E-state index contributed by atoms with van der Waals surface area (Å²) in [6.07, 6.45) is -0.139. The Hall–Kier alpha value is -1.59. The number of hydrogen-bond donors (Lipinski definition) is 0. The van der Waals surface area contributed by atoms with Crippen LogP contribution in [0.2, 0.25) is 5.02 Å². The van der Waals surface area contributed by atoms with E-state index in [1.54, 1.807) is 0 Å². The SMILES string of the molecule is CC(=O)CC(=O)OCCN1CCN(c2ccccc2Cl)CC1. The Morgan fingerprint density at radius 2 is 1.86 bits per heavy atom. The van der Waals surface area contributed by atoms with Crippen LogP contribution in [0, 0.1) is 0 Å². The molecule has 0 spiro atoms. The van der Waals surface area contributed by atoms with Gasteiger partial charge in [-0.2, -0.15) is 0 Å². The first-order valence-electron chi connectivity index (χ1n) is 7.43. The summed E-state index contributed by atoms with van der Waals surface area (Å²) in [7, 11) is 0. The Morgan fingerprint density at radius 3 is 2.50 bits per heavy atom. The quantitative estimate of drug-likeness (QED) is 0.591. The molecule has 0 amide bonds. The van der Waals surface area contributed by atoms with Crippen molar-refractivity contribution in [3.05, 3.63) is 29.3 Å². The second kappa shape index (κ2) is 8.15. The molecular weight excluding hydrogens is 304 g/mol. The van der Waals surface area contributed by atoms with Crippen LogP contribution >= 0.6 is 11.6 Å². The second-order valence-corrected chi connectivity index (χ2v) is 5.79. The van der Waals surface area contributed by atoms with Gasteiger partial charge in [0, 0.05) is 32.7 Å². The monoisotopic (exact) mass is 324 g/mol. The van der Waals surface area contributed by atoms with Crippen molar-refractivity contribution in [1.29, 1.82) is 0 Å². The lowest BCUT2D eigenvalue weighted by Crippen LogP contribution is -2.47. The molecular formula is C16H21ClN2O3. The highest BCUT2D eigenvalue weighted by Gasteiger charge is 2.18. The van der Waals surface area contributed by atoms with Crippen molar-refractivity contribution in [2.45, 2.75) is 13.3 Å². The van der Waals surface area contributed by atoms with Crippen LogP contribution < -0.4 is 4.90 Å². The predicted molar refractivity (Wildman–Crippen MR) is 86.4 cm³/mol. The van der Waals surface area contributed by atoms with Gasteiger partial charge < -0.3 is 9.64 Å². The molecule has 1 heterocycles. The maximum atomic E-state index is 11.3. The van der Waals surface area contributed by atoms with Gasteiger partial charge in [-0.3, -0.25) is 14.5 Å². The molecule has 0 N–H and O–H groups in total. The van der Waals surface area contributed by atoms with Gasteiger partial charge in [-0.05, 0) is 19.1 Å². The molecule has 0 aliphatic carbocycles. The molecule has 1 aromatic carbocycles.